The van der Waals surface area contributed by atoms with Crippen LogP contribution in [-0.4, -0.2) is 36.6 Å². The maximum Gasteiger partial charge on any atom is 0.191 e. The number of hydrogen-bond donors (Lipinski definition) is 2. The summed E-state index contributed by atoms with van der Waals surface area (Å²) in [5.74, 6) is 2.48. The minimum Gasteiger partial charge on any atom is -0.469 e. The van der Waals surface area contributed by atoms with E-state index in [4.69, 9.17) is 9.41 Å². The van der Waals surface area contributed by atoms with Crippen LogP contribution in [0.4, 0.5) is 0 Å². The Labute approximate surface area is 156 Å². The number of rotatable bonds is 8. The first-order valence-electron chi connectivity index (χ1n) is 7.52. The Morgan fingerprint density at radius 2 is 2.09 bits per heavy atom. The molecule has 0 unspecified atom stereocenters. The van der Waals surface area contributed by atoms with Crippen molar-refractivity contribution in [1.82, 2.24) is 10.6 Å². The molecule has 0 radical (unpaired) electrons. The number of hydrogen-bond acceptors (Lipinski definition) is 3. The molecule has 4 nitrogen and oxygen atoms in total. The lowest BCUT2D eigenvalue weighted by atomic mass is 10.2. The van der Waals surface area contributed by atoms with E-state index >= 15 is 0 Å². The van der Waals surface area contributed by atoms with Crippen LogP contribution < -0.4 is 10.6 Å². The topological polar surface area (TPSA) is 49.6 Å². The van der Waals surface area contributed by atoms with Crippen LogP contribution in [0.1, 0.15) is 33.5 Å². The van der Waals surface area contributed by atoms with Crippen LogP contribution in [0.5, 0.6) is 0 Å². The van der Waals surface area contributed by atoms with Gasteiger partial charge in [-0.3, -0.25) is 4.99 Å². The van der Waals surface area contributed by atoms with E-state index in [1.54, 1.807) is 6.26 Å². The lowest BCUT2D eigenvalue weighted by molar-refractivity contribution is 0.506. The third kappa shape index (κ3) is 9.61. The van der Waals surface area contributed by atoms with Gasteiger partial charge >= 0.3 is 0 Å². The molecule has 1 aromatic rings. The monoisotopic (exact) mass is 439 g/mol. The summed E-state index contributed by atoms with van der Waals surface area (Å²) in [6.07, 6.45) is 4.70. The fourth-order valence-corrected chi connectivity index (χ4v) is 1.76. The van der Waals surface area contributed by atoms with E-state index in [0.717, 1.165) is 37.8 Å². The summed E-state index contributed by atoms with van der Waals surface area (Å²) in [5.41, 5.74) is 0. The van der Waals surface area contributed by atoms with Crippen LogP contribution in [0.25, 0.3) is 0 Å². The second-order valence-corrected chi connectivity index (χ2v) is 7.67. The van der Waals surface area contributed by atoms with Gasteiger partial charge in [-0.1, -0.05) is 13.8 Å². The first kappa shape index (κ1) is 21.6. The van der Waals surface area contributed by atoms with E-state index in [2.05, 4.69) is 44.6 Å². The molecule has 0 atom stereocenters. The highest BCUT2D eigenvalue weighted by Crippen LogP contribution is 2.20. The van der Waals surface area contributed by atoms with Gasteiger partial charge in [-0.05, 0) is 38.2 Å². The molecule has 0 aliphatic heterocycles. The lowest BCUT2D eigenvalue weighted by Gasteiger charge is -2.21. The van der Waals surface area contributed by atoms with Crippen molar-refractivity contribution in [2.75, 3.05) is 25.9 Å². The van der Waals surface area contributed by atoms with E-state index in [1.165, 1.54) is 0 Å². The molecular weight excluding hydrogens is 409 g/mol. The minimum absolute atomic E-state index is 0. The largest absolute Gasteiger partial charge is 0.469 e. The van der Waals surface area contributed by atoms with Crippen LogP contribution in [0.2, 0.25) is 0 Å². The highest BCUT2D eigenvalue weighted by Gasteiger charge is 2.15. The Morgan fingerprint density at radius 1 is 1.36 bits per heavy atom. The van der Waals surface area contributed by atoms with Crippen molar-refractivity contribution < 1.29 is 4.42 Å². The maximum atomic E-state index is 5.34. The van der Waals surface area contributed by atoms with Crippen molar-refractivity contribution in [2.24, 2.45) is 10.9 Å². The van der Waals surface area contributed by atoms with Crippen LogP contribution >= 0.6 is 35.7 Å². The first-order valence-corrected chi connectivity index (χ1v) is 8.75. The summed E-state index contributed by atoms with van der Waals surface area (Å²) >= 11 is 1.84. The van der Waals surface area contributed by atoms with Gasteiger partial charge in [-0.2, -0.15) is 11.8 Å². The third-order valence-corrected chi connectivity index (χ3v) is 4.33. The highest BCUT2D eigenvalue weighted by atomic mass is 127. The van der Waals surface area contributed by atoms with Gasteiger partial charge in [0.15, 0.2) is 5.96 Å². The van der Waals surface area contributed by atoms with Crippen LogP contribution in [0.15, 0.2) is 27.8 Å². The van der Waals surface area contributed by atoms with E-state index in [9.17, 15) is 0 Å². The molecule has 6 heteroatoms. The standard InChI is InChI=1S/C16H29N3OS.HI/c1-13(2)11-18-15(19-12-16(3,4)21-5)17-9-8-14-7-6-10-20-14;/h6-7,10,13H,8-9,11-12H2,1-5H3,(H2,17,18,19);1H. The van der Waals surface area contributed by atoms with Crippen molar-refractivity contribution in [3.8, 4) is 0 Å². The molecule has 0 fully saturated rings. The number of guanidine groups is 1. The summed E-state index contributed by atoms with van der Waals surface area (Å²) in [7, 11) is 0. The second-order valence-electron chi connectivity index (χ2n) is 6.16. The number of aliphatic imine (C=N–C) groups is 1. The molecule has 0 saturated carbocycles. The third-order valence-electron chi connectivity index (χ3n) is 3.09. The number of halogens is 1. The molecule has 0 amide bonds. The van der Waals surface area contributed by atoms with Crippen molar-refractivity contribution in [3.63, 3.8) is 0 Å². The van der Waals surface area contributed by atoms with Crippen molar-refractivity contribution in [3.05, 3.63) is 24.2 Å². The molecule has 0 aromatic carbocycles. The van der Waals surface area contributed by atoms with Crippen molar-refractivity contribution in [2.45, 2.75) is 38.9 Å². The summed E-state index contributed by atoms with van der Waals surface area (Å²) < 4.78 is 5.50. The zero-order chi connectivity index (χ0) is 15.7. The number of furan rings is 1. The summed E-state index contributed by atoms with van der Waals surface area (Å²) in [6, 6.07) is 3.92. The number of nitrogens with one attached hydrogen (secondary N) is 2. The normalized spacial score (nSPS) is 12.2. The van der Waals surface area contributed by atoms with Crippen molar-refractivity contribution >= 4 is 41.7 Å². The highest BCUT2D eigenvalue weighted by molar-refractivity contribution is 14.0. The van der Waals surface area contributed by atoms with E-state index in [-0.39, 0.29) is 28.7 Å². The molecule has 0 aliphatic carbocycles. The fourth-order valence-electron chi connectivity index (χ4n) is 1.57. The molecular formula is C16H30IN3OS. The zero-order valence-electron chi connectivity index (χ0n) is 14.3. The van der Waals surface area contributed by atoms with Gasteiger partial charge in [0.25, 0.3) is 0 Å². The van der Waals surface area contributed by atoms with E-state index < -0.39 is 0 Å². The smallest absolute Gasteiger partial charge is 0.191 e. The van der Waals surface area contributed by atoms with Crippen LogP contribution in [-0.2, 0) is 6.42 Å². The van der Waals surface area contributed by atoms with Gasteiger partial charge < -0.3 is 15.1 Å². The number of nitrogens with zero attached hydrogens (tertiary/aromatic N) is 1. The van der Waals surface area contributed by atoms with Crippen molar-refractivity contribution in [1.29, 1.82) is 0 Å². The Kier molecular flexibility index (Phi) is 11.0. The van der Waals surface area contributed by atoms with Gasteiger partial charge in [0.05, 0.1) is 12.8 Å². The molecule has 22 heavy (non-hydrogen) atoms. The fraction of sp³-hybridized carbons (Fsp3) is 0.688. The lowest BCUT2D eigenvalue weighted by Crippen LogP contribution is -2.41. The van der Waals surface area contributed by atoms with Crippen LogP contribution in [0, 0.1) is 5.92 Å². The van der Waals surface area contributed by atoms with Gasteiger partial charge in [0.2, 0.25) is 0 Å². The Balaban J connectivity index is 0.00000441. The Hall–Kier alpha value is -0.370. The zero-order valence-corrected chi connectivity index (χ0v) is 17.5. The van der Waals surface area contributed by atoms with Gasteiger partial charge in [0, 0.05) is 24.3 Å². The SMILES string of the molecule is CSC(C)(C)CN=C(NCCc1ccco1)NCC(C)C.I. The average molecular weight is 439 g/mol. The minimum atomic E-state index is 0. The quantitative estimate of drug-likeness (QED) is 0.368. The predicted molar refractivity (Wildman–Crippen MR) is 109 cm³/mol. The maximum absolute atomic E-state index is 5.34. The summed E-state index contributed by atoms with van der Waals surface area (Å²) in [5, 5.41) is 6.77. The molecule has 0 bridgehead atoms. The molecule has 128 valence electrons. The van der Waals surface area contributed by atoms with Gasteiger partial charge in [-0.25, -0.2) is 0 Å². The summed E-state index contributed by atoms with van der Waals surface area (Å²) in [6.45, 7) is 11.3. The molecule has 2 N–H and O–H groups in total. The second kappa shape index (κ2) is 11.2. The Morgan fingerprint density at radius 3 is 2.64 bits per heavy atom. The molecule has 0 spiro atoms. The number of thioether (sulfide) groups is 1. The van der Waals surface area contributed by atoms with Gasteiger partial charge in [-0.15, -0.1) is 24.0 Å². The summed E-state index contributed by atoms with van der Waals surface area (Å²) in [4.78, 5) is 4.70. The Bertz CT molecular complexity index is 419. The molecule has 1 aromatic heterocycles. The molecule has 0 saturated heterocycles. The van der Waals surface area contributed by atoms with Crippen LogP contribution in [0.3, 0.4) is 0 Å². The van der Waals surface area contributed by atoms with E-state index in [1.807, 2.05) is 23.9 Å². The van der Waals surface area contributed by atoms with E-state index in [0.29, 0.717) is 5.92 Å². The average Bonchev–Trinajstić information content (AvgIpc) is 2.94. The van der Waals surface area contributed by atoms with Gasteiger partial charge in [0.1, 0.15) is 5.76 Å². The predicted octanol–water partition coefficient (Wildman–Crippen LogP) is 3.77. The first-order chi connectivity index (χ1) is 9.93. The molecule has 0 aliphatic rings. The molecule has 1 rings (SSSR count). The molecule has 1 heterocycles.